The van der Waals surface area contributed by atoms with Crippen LogP contribution in [0.5, 0.6) is 0 Å². The first kappa shape index (κ1) is 13.7. The third-order valence-corrected chi connectivity index (χ3v) is 5.12. The van der Waals surface area contributed by atoms with Crippen molar-refractivity contribution in [3.05, 3.63) is 42.7 Å². The van der Waals surface area contributed by atoms with E-state index in [0.717, 1.165) is 24.6 Å². The van der Waals surface area contributed by atoms with Gasteiger partial charge in [-0.1, -0.05) is 36.8 Å². The molecule has 2 bridgehead atoms. The lowest BCUT2D eigenvalue weighted by atomic mass is 9.92. The van der Waals surface area contributed by atoms with Gasteiger partial charge in [-0.25, -0.2) is 9.97 Å². The Morgan fingerprint density at radius 2 is 1.55 bits per heavy atom. The second-order valence-corrected chi connectivity index (χ2v) is 6.45. The lowest BCUT2D eigenvalue weighted by Crippen LogP contribution is -2.59. The minimum atomic E-state index is 0.657. The molecule has 2 unspecified atom stereocenters. The number of benzene rings is 1. The standard InChI is InChI=1S/C18H22N4/c1-21-16-8-5-9-17(21)13-22(12-16)18-19-10-15(11-20-18)14-6-3-2-4-7-14/h2-4,6-7,10-11,16-17H,5,8-9,12-13H2,1H3. The number of piperazine rings is 1. The summed E-state index contributed by atoms with van der Waals surface area (Å²) in [5, 5.41) is 0. The number of likely N-dealkylation sites (N-methyl/N-ethyl adjacent to an activating group) is 1. The maximum Gasteiger partial charge on any atom is 0.225 e. The average Bonchev–Trinajstić information content (AvgIpc) is 2.56. The molecule has 0 saturated carbocycles. The van der Waals surface area contributed by atoms with Gasteiger partial charge in [0.2, 0.25) is 5.95 Å². The van der Waals surface area contributed by atoms with Crippen molar-refractivity contribution in [2.45, 2.75) is 31.3 Å². The molecule has 2 aliphatic heterocycles. The van der Waals surface area contributed by atoms with Crippen LogP contribution in [0.2, 0.25) is 0 Å². The third kappa shape index (κ3) is 2.48. The molecule has 0 N–H and O–H groups in total. The van der Waals surface area contributed by atoms with Crippen LogP contribution in [0, 0.1) is 0 Å². The molecule has 0 aliphatic carbocycles. The second kappa shape index (κ2) is 5.69. The largest absolute Gasteiger partial charge is 0.338 e. The van der Waals surface area contributed by atoms with Crippen molar-refractivity contribution in [2.75, 3.05) is 25.0 Å². The van der Waals surface area contributed by atoms with Crippen molar-refractivity contribution in [1.82, 2.24) is 14.9 Å². The SMILES string of the molecule is CN1C2CCCC1CN(c1ncc(-c3ccccc3)cn1)C2. The highest BCUT2D eigenvalue weighted by atomic mass is 15.3. The minimum Gasteiger partial charge on any atom is -0.338 e. The van der Waals surface area contributed by atoms with Gasteiger partial charge in [-0.15, -0.1) is 0 Å². The van der Waals surface area contributed by atoms with Gasteiger partial charge < -0.3 is 4.90 Å². The Balaban J connectivity index is 1.54. The van der Waals surface area contributed by atoms with Crippen LogP contribution >= 0.6 is 0 Å². The van der Waals surface area contributed by atoms with E-state index in [9.17, 15) is 0 Å². The lowest BCUT2D eigenvalue weighted by molar-refractivity contribution is 0.0943. The van der Waals surface area contributed by atoms with Crippen LogP contribution in [-0.2, 0) is 0 Å². The predicted octanol–water partition coefficient (Wildman–Crippen LogP) is 2.82. The second-order valence-electron chi connectivity index (χ2n) is 6.45. The summed E-state index contributed by atoms with van der Waals surface area (Å²) < 4.78 is 0. The van der Waals surface area contributed by atoms with Crippen molar-refractivity contribution in [3.8, 4) is 11.1 Å². The summed E-state index contributed by atoms with van der Waals surface area (Å²) in [6, 6.07) is 11.6. The molecule has 114 valence electrons. The van der Waals surface area contributed by atoms with Crippen LogP contribution in [0.25, 0.3) is 11.1 Å². The highest BCUT2D eigenvalue weighted by Crippen LogP contribution is 2.29. The molecule has 2 aliphatic rings. The summed E-state index contributed by atoms with van der Waals surface area (Å²) in [6.07, 6.45) is 7.86. The van der Waals surface area contributed by atoms with E-state index < -0.39 is 0 Å². The molecule has 1 aromatic heterocycles. The smallest absolute Gasteiger partial charge is 0.225 e. The fourth-order valence-corrected chi connectivity index (χ4v) is 3.75. The molecule has 3 heterocycles. The van der Waals surface area contributed by atoms with Gasteiger partial charge in [-0.3, -0.25) is 4.90 Å². The van der Waals surface area contributed by atoms with Gasteiger partial charge in [0.15, 0.2) is 0 Å². The maximum atomic E-state index is 4.63. The van der Waals surface area contributed by atoms with E-state index >= 15 is 0 Å². The van der Waals surface area contributed by atoms with Crippen LogP contribution in [0.4, 0.5) is 5.95 Å². The van der Waals surface area contributed by atoms with Gasteiger partial charge in [0.1, 0.15) is 0 Å². The number of anilines is 1. The summed E-state index contributed by atoms with van der Waals surface area (Å²) in [5.74, 6) is 0.879. The zero-order valence-electron chi connectivity index (χ0n) is 13.0. The van der Waals surface area contributed by atoms with Gasteiger partial charge in [0.25, 0.3) is 0 Å². The molecule has 0 spiro atoms. The van der Waals surface area contributed by atoms with Crippen LogP contribution < -0.4 is 4.90 Å². The number of piperidine rings is 1. The molecule has 0 radical (unpaired) electrons. The molecular weight excluding hydrogens is 272 g/mol. The van der Waals surface area contributed by atoms with Gasteiger partial charge in [-0.2, -0.15) is 0 Å². The van der Waals surface area contributed by atoms with Crippen LogP contribution in [0.1, 0.15) is 19.3 Å². The summed E-state index contributed by atoms with van der Waals surface area (Å²) >= 11 is 0. The van der Waals surface area contributed by atoms with Gasteiger partial charge in [-0.05, 0) is 25.5 Å². The molecule has 22 heavy (non-hydrogen) atoms. The molecule has 2 atom stereocenters. The van der Waals surface area contributed by atoms with Crippen molar-refractivity contribution >= 4 is 5.95 Å². The Morgan fingerprint density at radius 3 is 2.18 bits per heavy atom. The van der Waals surface area contributed by atoms with E-state index in [-0.39, 0.29) is 0 Å². The quantitative estimate of drug-likeness (QED) is 0.852. The highest BCUT2D eigenvalue weighted by molar-refractivity contribution is 5.61. The number of hydrogen-bond acceptors (Lipinski definition) is 4. The Labute approximate surface area is 131 Å². The Bertz CT molecular complexity index is 611. The number of aromatic nitrogens is 2. The molecule has 1 aromatic carbocycles. The summed E-state index contributed by atoms with van der Waals surface area (Å²) in [6.45, 7) is 2.11. The van der Waals surface area contributed by atoms with Crippen molar-refractivity contribution in [3.63, 3.8) is 0 Å². The molecule has 4 heteroatoms. The average molecular weight is 294 g/mol. The molecule has 2 saturated heterocycles. The molecular formula is C18H22N4. The van der Waals surface area contributed by atoms with E-state index in [2.05, 4.69) is 38.9 Å². The minimum absolute atomic E-state index is 0.657. The summed E-state index contributed by atoms with van der Waals surface area (Å²) in [7, 11) is 2.27. The van der Waals surface area contributed by atoms with Gasteiger partial charge in [0, 0.05) is 43.1 Å². The van der Waals surface area contributed by atoms with E-state index in [1.807, 2.05) is 30.6 Å². The first-order valence-electron chi connectivity index (χ1n) is 8.15. The highest BCUT2D eigenvalue weighted by Gasteiger charge is 2.35. The Kier molecular flexibility index (Phi) is 3.54. The topological polar surface area (TPSA) is 32.3 Å². The van der Waals surface area contributed by atoms with E-state index in [1.165, 1.54) is 24.8 Å². The van der Waals surface area contributed by atoms with E-state index in [0.29, 0.717) is 12.1 Å². The number of hydrogen-bond donors (Lipinski definition) is 0. The van der Waals surface area contributed by atoms with Gasteiger partial charge >= 0.3 is 0 Å². The zero-order valence-corrected chi connectivity index (χ0v) is 13.0. The number of fused-ring (bicyclic) bond motifs is 2. The van der Waals surface area contributed by atoms with Crippen LogP contribution in [0.3, 0.4) is 0 Å². The molecule has 4 nitrogen and oxygen atoms in total. The Hall–Kier alpha value is -1.94. The van der Waals surface area contributed by atoms with E-state index in [4.69, 9.17) is 0 Å². The molecule has 0 amide bonds. The summed E-state index contributed by atoms with van der Waals surface area (Å²) in [4.78, 5) is 14.2. The maximum absolute atomic E-state index is 4.63. The van der Waals surface area contributed by atoms with Crippen molar-refractivity contribution < 1.29 is 0 Å². The first-order chi connectivity index (χ1) is 10.8. The van der Waals surface area contributed by atoms with Crippen molar-refractivity contribution in [2.24, 2.45) is 0 Å². The normalized spacial score (nSPS) is 25.2. The Morgan fingerprint density at radius 1 is 0.909 bits per heavy atom. The van der Waals surface area contributed by atoms with E-state index in [1.54, 1.807) is 0 Å². The molecule has 2 aromatic rings. The zero-order chi connectivity index (χ0) is 14.9. The number of nitrogens with zero attached hydrogens (tertiary/aromatic N) is 4. The lowest BCUT2D eigenvalue weighted by Gasteiger charge is -2.48. The predicted molar refractivity (Wildman–Crippen MR) is 88.9 cm³/mol. The van der Waals surface area contributed by atoms with Gasteiger partial charge in [0.05, 0.1) is 0 Å². The monoisotopic (exact) mass is 294 g/mol. The first-order valence-corrected chi connectivity index (χ1v) is 8.15. The molecule has 4 rings (SSSR count). The molecule has 2 fully saturated rings. The van der Waals surface area contributed by atoms with Crippen LogP contribution in [-0.4, -0.2) is 47.1 Å². The third-order valence-electron chi connectivity index (χ3n) is 5.12. The fraction of sp³-hybridized carbons (Fsp3) is 0.444. The number of rotatable bonds is 2. The fourth-order valence-electron chi connectivity index (χ4n) is 3.75. The summed E-state index contributed by atoms with van der Waals surface area (Å²) in [5.41, 5.74) is 2.25. The van der Waals surface area contributed by atoms with Crippen LogP contribution in [0.15, 0.2) is 42.7 Å². The van der Waals surface area contributed by atoms with Crippen molar-refractivity contribution in [1.29, 1.82) is 0 Å².